The Morgan fingerprint density at radius 2 is 1.55 bits per heavy atom. The number of nitrogens with zero attached hydrogens (tertiary/aromatic N) is 2. The molecule has 0 bridgehead atoms. The monoisotopic (exact) mass is 511 g/mol. The van der Waals surface area contributed by atoms with Crippen LogP contribution in [0.25, 0.3) is 11.1 Å². The third-order valence-electron chi connectivity index (χ3n) is 7.50. The molecular weight excluding hydrogens is 470 g/mol. The lowest BCUT2D eigenvalue weighted by Crippen LogP contribution is -2.40. The highest BCUT2D eigenvalue weighted by atomic mass is 16.2. The van der Waals surface area contributed by atoms with Crippen molar-refractivity contribution in [3.8, 4) is 11.1 Å². The molecule has 3 aromatic carbocycles. The number of hydrogen-bond donors (Lipinski definition) is 1. The van der Waals surface area contributed by atoms with E-state index in [4.69, 9.17) is 0 Å². The highest BCUT2D eigenvalue weighted by molar-refractivity contribution is 5.95. The summed E-state index contributed by atoms with van der Waals surface area (Å²) in [6.07, 6.45) is 6.35. The van der Waals surface area contributed by atoms with Crippen molar-refractivity contribution in [2.75, 3.05) is 33.7 Å². The third-order valence-corrected chi connectivity index (χ3v) is 7.50. The van der Waals surface area contributed by atoms with E-state index in [-0.39, 0.29) is 11.8 Å². The number of nitrogens with one attached hydrogen (secondary N) is 1. The van der Waals surface area contributed by atoms with E-state index in [9.17, 15) is 9.59 Å². The fourth-order valence-electron chi connectivity index (χ4n) is 5.39. The van der Waals surface area contributed by atoms with E-state index in [0.717, 1.165) is 68.3 Å². The van der Waals surface area contributed by atoms with Gasteiger partial charge in [0.15, 0.2) is 0 Å². The summed E-state index contributed by atoms with van der Waals surface area (Å²) < 4.78 is 0. The van der Waals surface area contributed by atoms with E-state index >= 15 is 0 Å². The third kappa shape index (κ3) is 7.11. The normalized spacial score (nSPS) is 14.7. The fraction of sp³-hybridized carbons (Fsp3) is 0.394. The number of benzene rings is 3. The summed E-state index contributed by atoms with van der Waals surface area (Å²) in [6, 6.07) is 24.7. The van der Waals surface area contributed by atoms with Gasteiger partial charge < -0.3 is 15.1 Å². The molecule has 0 saturated carbocycles. The van der Waals surface area contributed by atoms with Crippen LogP contribution in [0.3, 0.4) is 0 Å². The summed E-state index contributed by atoms with van der Waals surface area (Å²) in [5.41, 5.74) is 6.45. The average Bonchev–Trinajstić information content (AvgIpc) is 2.95. The molecule has 4 rings (SSSR count). The minimum Gasteiger partial charge on any atom is -0.352 e. The van der Waals surface area contributed by atoms with Crippen molar-refractivity contribution in [2.24, 2.45) is 0 Å². The molecule has 5 nitrogen and oxygen atoms in total. The molecule has 0 heterocycles. The van der Waals surface area contributed by atoms with Gasteiger partial charge >= 0.3 is 0 Å². The molecule has 0 saturated heterocycles. The lowest BCUT2D eigenvalue weighted by molar-refractivity contribution is 0.0827. The number of fused-ring (bicyclic) bond motifs is 1. The zero-order chi connectivity index (χ0) is 26.9. The zero-order valence-corrected chi connectivity index (χ0v) is 23.1. The van der Waals surface area contributed by atoms with Gasteiger partial charge in [0.2, 0.25) is 0 Å². The van der Waals surface area contributed by atoms with Gasteiger partial charge in [-0.3, -0.25) is 9.59 Å². The van der Waals surface area contributed by atoms with E-state index in [0.29, 0.717) is 18.2 Å². The summed E-state index contributed by atoms with van der Waals surface area (Å²) in [5.74, 6) is 0.0523. The molecule has 5 heteroatoms. The van der Waals surface area contributed by atoms with Crippen LogP contribution in [0, 0.1) is 0 Å². The molecule has 0 unspecified atom stereocenters. The minimum atomic E-state index is -0.0120. The van der Waals surface area contributed by atoms with E-state index in [2.05, 4.69) is 41.4 Å². The fourth-order valence-corrected chi connectivity index (χ4v) is 5.39. The summed E-state index contributed by atoms with van der Waals surface area (Å²) in [7, 11) is 3.61. The molecule has 0 aliphatic heterocycles. The summed E-state index contributed by atoms with van der Waals surface area (Å²) in [6.45, 7) is 5.03. The average molecular weight is 512 g/mol. The second-order valence-electron chi connectivity index (χ2n) is 10.5. The summed E-state index contributed by atoms with van der Waals surface area (Å²) in [4.78, 5) is 29.3. The van der Waals surface area contributed by atoms with Gasteiger partial charge in [0.05, 0.1) is 0 Å². The van der Waals surface area contributed by atoms with Crippen LogP contribution in [0.2, 0.25) is 0 Å². The Bertz CT molecular complexity index is 1200. The Morgan fingerprint density at radius 3 is 2.26 bits per heavy atom. The lowest BCUT2D eigenvalue weighted by Gasteiger charge is -2.35. The summed E-state index contributed by atoms with van der Waals surface area (Å²) in [5, 5.41) is 3.09. The number of amides is 2. The van der Waals surface area contributed by atoms with Crippen LogP contribution in [-0.2, 0) is 12.8 Å². The van der Waals surface area contributed by atoms with Crippen molar-refractivity contribution < 1.29 is 9.59 Å². The van der Waals surface area contributed by atoms with Gasteiger partial charge in [-0.25, -0.2) is 0 Å². The van der Waals surface area contributed by atoms with E-state index in [1.807, 2.05) is 48.5 Å². The highest BCUT2D eigenvalue weighted by Gasteiger charge is 2.24. The van der Waals surface area contributed by atoms with Gasteiger partial charge in [-0.05, 0) is 98.1 Å². The first kappa shape index (κ1) is 27.6. The van der Waals surface area contributed by atoms with Crippen molar-refractivity contribution >= 4 is 11.8 Å². The van der Waals surface area contributed by atoms with E-state index in [1.165, 1.54) is 11.1 Å². The van der Waals surface area contributed by atoms with Gasteiger partial charge in [-0.2, -0.15) is 0 Å². The number of aryl methyl sites for hydroxylation is 1. The van der Waals surface area contributed by atoms with Crippen molar-refractivity contribution in [1.82, 2.24) is 15.1 Å². The van der Waals surface area contributed by atoms with Crippen LogP contribution in [0.1, 0.15) is 64.4 Å². The molecule has 1 aliphatic rings. The second kappa shape index (κ2) is 13.4. The van der Waals surface area contributed by atoms with Gasteiger partial charge in [0.1, 0.15) is 0 Å². The molecule has 38 heavy (non-hydrogen) atoms. The van der Waals surface area contributed by atoms with Gasteiger partial charge in [0, 0.05) is 37.8 Å². The van der Waals surface area contributed by atoms with Crippen LogP contribution in [0.5, 0.6) is 0 Å². The molecule has 0 spiro atoms. The van der Waals surface area contributed by atoms with E-state index in [1.54, 1.807) is 19.0 Å². The first-order valence-electron chi connectivity index (χ1n) is 14.0. The van der Waals surface area contributed by atoms with Gasteiger partial charge in [0.25, 0.3) is 11.8 Å². The molecule has 1 atom stereocenters. The minimum absolute atomic E-state index is 0.0120. The van der Waals surface area contributed by atoms with Crippen molar-refractivity contribution in [3.63, 3.8) is 0 Å². The van der Waals surface area contributed by atoms with Gasteiger partial charge in [-0.1, -0.05) is 55.5 Å². The number of rotatable bonds is 11. The molecule has 3 aromatic rings. The summed E-state index contributed by atoms with van der Waals surface area (Å²) >= 11 is 0. The number of carbonyl (C=O) groups is 2. The number of unbranched alkanes of at least 4 members (excludes halogenated alkanes) is 1. The van der Waals surface area contributed by atoms with Gasteiger partial charge in [-0.15, -0.1) is 0 Å². The van der Waals surface area contributed by atoms with Crippen LogP contribution in [0.4, 0.5) is 0 Å². The molecule has 200 valence electrons. The first-order chi connectivity index (χ1) is 18.5. The van der Waals surface area contributed by atoms with Crippen molar-refractivity contribution in [1.29, 1.82) is 0 Å². The largest absolute Gasteiger partial charge is 0.352 e. The molecule has 0 radical (unpaired) electrons. The zero-order valence-electron chi connectivity index (χ0n) is 23.1. The molecule has 1 N–H and O–H groups in total. The standard InChI is InChI=1S/C33H41N3O2/c1-4-21-36(31-19-18-27-14-17-29(23-30(27)24-31)33(38)35(2)3)22-9-8-20-34-32(37)28-15-12-26(13-16-28)25-10-6-5-7-11-25/h5-7,10-17,23,31H,4,8-9,18-22,24H2,1-3H3,(H,34,37)/t31-/m1/s1. The highest BCUT2D eigenvalue weighted by Crippen LogP contribution is 2.26. The Hall–Kier alpha value is -3.44. The lowest BCUT2D eigenvalue weighted by atomic mass is 9.86. The molecule has 0 fully saturated rings. The van der Waals surface area contributed by atoms with Crippen molar-refractivity contribution in [2.45, 2.75) is 51.5 Å². The Labute approximate surface area is 227 Å². The molecule has 2 amide bonds. The maximum atomic E-state index is 12.6. The van der Waals surface area contributed by atoms with E-state index < -0.39 is 0 Å². The Morgan fingerprint density at radius 1 is 0.842 bits per heavy atom. The first-order valence-corrected chi connectivity index (χ1v) is 14.0. The molecule has 0 aromatic heterocycles. The van der Waals surface area contributed by atoms with Crippen LogP contribution < -0.4 is 5.32 Å². The SMILES string of the molecule is CCCN(CCCCNC(=O)c1ccc(-c2ccccc2)cc1)[C@@H]1CCc2ccc(C(=O)N(C)C)cc2C1. The predicted molar refractivity (Wildman–Crippen MR) is 156 cm³/mol. The maximum absolute atomic E-state index is 12.6. The topological polar surface area (TPSA) is 52.7 Å². The smallest absolute Gasteiger partial charge is 0.253 e. The van der Waals surface area contributed by atoms with Crippen molar-refractivity contribution in [3.05, 3.63) is 95.1 Å². The van der Waals surface area contributed by atoms with Crippen LogP contribution >= 0.6 is 0 Å². The number of carbonyl (C=O) groups excluding carboxylic acids is 2. The van der Waals surface area contributed by atoms with Crippen LogP contribution in [0.15, 0.2) is 72.8 Å². The molecular formula is C33H41N3O2. The van der Waals surface area contributed by atoms with Crippen LogP contribution in [-0.4, -0.2) is 61.4 Å². The maximum Gasteiger partial charge on any atom is 0.253 e. The second-order valence-corrected chi connectivity index (χ2v) is 10.5. The number of hydrogen-bond acceptors (Lipinski definition) is 3. The molecule has 1 aliphatic carbocycles. The predicted octanol–water partition coefficient (Wildman–Crippen LogP) is 5.83. The Balaban J connectivity index is 1.25. The quantitative estimate of drug-likeness (QED) is 0.329. The Kier molecular flexibility index (Phi) is 9.72.